The lowest BCUT2D eigenvalue weighted by Crippen LogP contribution is -2.11. The van der Waals surface area contributed by atoms with Crippen LogP contribution in [0, 0.1) is 12.8 Å². The first kappa shape index (κ1) is 9.78. The molecule has 0 saturated heterocycles. The third-order valence-electron chi connectivity index (χ3n) is 2.00. The number of aromatic nitrogens is 2. The molecule has 68 valence electrons. The molecule has 0 fully saturated rings. The molecule has 0 aliphatic heterocycles. The molecular weight excluding hydrogens is 216 g/mol. The average Bonchev–Trinajstić information content (AvgIpc) is 2.47. The Morgan fingerprint density at radius 2 is 2.42 bits per heavy atom. The molecule has 1 aromatic rings. The van der Waals surface area contributed by atoms with Crippen molar-refractivity contribution in [2.24, 2.45) is 5.92 Å². The van der Waals surface area contributed by atoms with E-state index in [2.05, 4.69) is 41.1 Å². The molecule has 0 amide bonds. The molecule has 1 unspecified atom stereocenters. The fourth-order valence-corrected chi connectivity index (χ4v) is 1.78. The third kappa shape index (κ3) is 2.63. The number of rotatable bonds is 4. The molecule has 0 aromatic carbocycles. The van der Waals surface area contributed by atoms with Crippen molar-refractivity contribution in [2.75, 3.05) is 5.33 Å². The first-order valence-electron chi connectivity index (χ1n) is 4.31. The zero-order valence-corrected chi connectivity index (χ0v) is 9.21. The monoisotopic (exact) mass is 230 g/mol. The van der Waals surface area contributed by atoms with Crippen molar-refractivity contribution in [3.8, 4) is 0 Å². The molecule has 12 heavy (non-hydrogen) atoms. The van der Waals surface area contributed by atoms with Gasteiger partial charge in [-0.05, 0) is 18.4 Å². The van der Waals surface area contributed by atoms with Crippen LogP contribution in [-0.2, 0) is 6.54 Å². The van der Waals surface area contributed by atoms with Gasteiger partial charge in [-0.15, -0.1) is 0 Å². The summed E-state index contributed by atoms with van der Waals surface area (Å²) in [4.78, 5) is 0. The van der Waals surface area contributed by atoms with Crippen molar-refractivity contribution in [3.63, 3.8) is 0 Å². The van der Waals surface area contributed by atoms with Crippen molar-refractivity contribution >= 4 is 15.9 Å². The fraction of sp³-hybridized carbons (Fsp3) is 0.667. The van der Waals surface area contributed by atoms with Crippen LogP contribution in [-0.4, -0.2) is 15.1 Å². The molecule has 3 heteroatoms. The maximum absolute atomic E-state index is 4.25. The summed E-state index contributed by atoms with van der Waals surface area (Å²) in [5, 5.41) is 5.31. The number of aryl methyl sites for hydroxylation is 1. The van der Waals surface area contributed by atoms with Crippen LogP contribution < -0.4 is 0 Å². The molecule has 1 atom stereocenters. The standard InChI is InChI=1S/C9H15BrN2/c1-3-9(4-10)7-12-6-8(2)5-11-12/h5-6,9H,3-4,7H2,1-2H3. The van der Waals surface area contributed by atoms with E-state index in [-0.39, 0.29) is 0 Å². The lowest BCUT2D eigenvalue weighted by Gasteiger charge is -2.10. The van der Waals surface area contributed by atoms with Crippen molar-refractivity contribution in [3.05, 3.63) is 18.0 Å². The van der Waals surface area contributed by atoms with Crippen LogP contribution >= 0.6 is 15.9 Å². The van der Waals surface area contributed by atoms with Gasteiger partial charge >= 0.3 is 0 Å². The highest BCUT2D eigenvalue weighted by atomic mass is 79.9. The lowest BCUT2D eigenvalue weighted by atomic mass is 10.1. The van der Waals surface area contributed by atoms with E-state index in [4.69, 9.17) is 0 Å². The largest absolute Gasteiger partial charge is 0.272 e. The number of alkyl halides is 1. The highest BCUT2D eigenvalue weighted by Crippen LogP contribution is 2.09. The van der Waals surface area contributed by atoms with Crippen LogP contribution in [0.4, 0.5) is 0 Å². The van der Waals surface area contributed by atoms with Crippen LogP contribution in [0.15, 0.2) is 12.4 Å². The van der Waals surface area contributed by atoms with Crippen LogP contribution in [0.25, 0.3) is 0 Å². The van der Waals surface area contributed by atoms with Crippen LogP contribution in [0.5, 0.6) is 0 Å². The fourth-order valence-electron chi connectivity index (χ4n) is 1.12. The Hall–Kier alpha value is -0.310. The van der Waals surface area contributed by atoms with Gasteiger partial charge < -0.3 is 0 Å². The number of hydrogen-bond acceptors (Lipinski definition) is 1. The number of nitrogens with zero attached hydrogens (tertiary/aromatic N) is 2. The summed E-state index contributed by atoms with van der Waals surface area (Å²) in [6, 6.07) is 0. The molecule has 0 aliphatic rings. The Labute approximate surface area is 82.1 Å². The summed E-state index contributed by atoms with van der Waals surface area (Å²) in [6.45, 7) is 5.30. The predicted molar refractivity (Wildman–Crippen MR) is 54.5 cm³/mol. The van der Waals surface area contributed by atoms with E-state index in [1.807, 2.05) is 10.9 Å². The normalized spacial score (nSPS) is 13.2. The molecule has 1 rings (SSSR count). The molecule has 1 heterocycles. The second-order valence-electron chi connectivity index (χ2n) is 3.17. The van der Waals surface area contributed by atoms with Gasteiger partial charge in [0.25, 0.3) is 0 Å². The van der Waals surface area contributed by atoms with Crippen LogP contribution in [0.2, 0.25) is 0 Å². The Balaban J connectivity index is 2.50. The highest BCUT2D eigenvalue weighted by Gasteiger charge is 2.05. The summed E-state index contributed by atoms with van der Waals surface area (Å²) in [7, 11) is 0. The summed E-state index contributed by atoms with van der Waals surface area (Å²) in [5.74, 6) is 0.698. The van der Waals surface area contributed by atoms with Gasteiger partial charge in [-0.25, -0.2) is 0 Å². The number of hydrogen-bond donors (Lipinski definition) is 0. The molecule has 1 aromatic heterocycles. The Bertz CT molecular complexity index is 228. The molecule has 0 spiro atoms. The summed E-state index contributed by atoms with van der Waals surface area (Å²) >= 11 is 3.50. The van der Waals surface area contributed by atoms with Gasteiger partial charge in [-0.2, -0.15) is 5.10 Å². The van der Waals surface area contributed by atoms with Crippen LogP contribution in [0.1, 0.15) is 18.9 Å². The quantitative estimate of drug-likeness (QED) is 0.728. The van der Waals surface area contributed by atoms with E-state index in [9.17, 15) is 0 Å². The van der Waals surface area contributed by atoms with E-state index < -0.39 is 0 Å². The Kier molecular flexibility index (Phi) is 3.79. The van der Waals surface area contributed by atoms with E-state index in [0.717, 1.165) is 11.9 Å². The maximum Gasteiger partial charge on any atom is 0.0518 e. The summed E-state index contributed by atoms with van der Waals surface area (Å²) in [5.41, 5.74) is 1.24. The smallest absolute Gasteiger partial charge is 0.0518 e. The minimum absolute atomic E-state index is 0.698. The first-order valence-corrected chi connectivity index (χ1v) is 5.43. The maximum atomic E-state index is 4.25. The molecule has 2 nitrogen and oxygen atoms in total. The van der Waals surface area contributed by atoms with Gasteiger partial charge in [0, 0.05) is 18.1 Å². The minimum atomic E-state index is 0.698. The van der Waals surface area contributed by atoms with E-state index in [1.165, 1.54) is 12.0 Å². The van der Waals surface area contributed by atoms with Crippen molar-refractivity contribution in [2.45, 2.75) is 26.8 Å². The number of halogens is 1. The molecule has 0 saturated carbocycles. The SMILES string of the molecule is CCC(CBr)Cn1cc(C)cn1. The van der Waals surface area contributed by atoms with E-state index in [1.54, 1.807) is 0 Å². The lowest BCUT2D eigenvalue weighted by molar-refractivity contribution is 0.447. The molecular formula is C9H15BrN2. The summed E-state index contributed by atoms with van der Waals surface area (Å²) in [6.07, 6.45) is 5.19. The third-order valence-corrected chi connectivity index (χ3v) is 2.92. The molecule has 0 aliphatic carbocycles. The summed E-state index contributed by atoms with van der Waals surface area (Å²) < 4.78 is 2.02. The Morgan fingerprint density at radius 3 is 2.83 bits per heavy atom. The second kappa shape index (κ2) is 4.65. The van der Waals surface area contributed by atoms with Crippen molar-refractivity contribution in [1.82, 2.24) is 9.78 Å². The van der Waals surface area contributed by atoms with Crippen molar-refractivity contribution < 1.29 is 0 Å². The van der Waals surface area contributed by atoms with Gasteiger partial charge in [0.15, 0.2) is 0 Å². The minimum Gasteiger partial charge on any atom is -0.272 e. The van der Waals surface area contributed by atoms with E-state index >= 15 is 0 Å². The van der Waals surface area contributed by atoms with Gasteiger partial charge in [-0.1, -0.05) is 29.3 Å². The Morgan fingerprint density at radius 1 is 1.67 bits per heavy atom. The molecule has 0 radical (unpaired) electrons. The molecule has 0 N–H and O–H groups in total. The van der Waals surface area contributed by atoms with Gasteiger partial charge in [-0.3, -0.25) is 4.68 Å². The van der Waals surface area contributed by atoms with Crippen molar-refractivity contribution in [1.29, 1.82) is 0 Å². The topological polar surface area (TPSA) is 17.8 Å². The van der Waals surface area contributed by atoms with Gasteiger partial charge in [0.1, 0.15) is 0 Å². The zero-order valence-electron chi connectivity index (χ0n) is 7.63. The predicted octanol–water partition coefficient (Wildman–Crippen LogP) is 2.61. The zero-order chi connectivity index (χ0) is 8.97. The average molecular weight is 231 g/mol. The first-order chi connectivity index (χ1) is 5.76. The van der Waals surface area contributed by atoms with Gasteiger partial charge in [0.05, 0.1) is 6.20 Å². The van der Waals surface area contributed by atoms with E-state index in [0.29, 0.717) is 5.92 Å². The van der Waals surface area contributed by atoms with Gasteiger partial charge in [0.2, 0.25) is 0 Å². The molecule has 0 bridgehead atoms. The van der Waals surface area contributed by atoms with Crippen LogP contribution in [0.3, 0.4) is 0 Å². The highest BCUT2D eigenvalue weighted by molar-refractivity contribution is 9.09. The second-order valence-corrected chi connectivity index (χ2v) is 3.82.